The van der Waals surface area contributed by atoms with E-state index in [4.69, 9.17) is 0 Å². The van der Waals surface area contributed by atoms with Crippen LogP contribution >= 0.6 is 0 Å². The van der Waals surface area contributed by atoms with Crippen molar-refractivity contribution < 1.29 is 4.79 Å². The highest BCUT2D eigenvalue weighted by molar-refractivity contribution is 6.10. The van der Waals surface area contributed by atoms with Crippen molar-refractivity contribution >= 4 is 17.3 Å². The van der Waals surface area contributed by atoms with Crippen LogP contribution in [0, 0.1) is 0 Å². The van der Waals surface area contributed by atoms with Crippen molar-refractivity contribution in [1.29, 1.82) is 0 Å². The molecule has 4 nitrogen and oxygen atoms in total. The molecular formula is C26H21N3O. The summed E-state index contributed by atoms with van der Waals surface area (Å²) in [7, 11) is 0. The Balaban J connectivity index is 1.63. The first-order valence-corrected chi connectivity index (χ1v) is 10.1. The maximum atomic E-state index is 13.9. The summed E-state index contributed by atoms with van der Waals surface area (Å²) in [4.78, 5) is 24.1. The van der Waals surface area contributed by atoms with Crippen LogP contribution in [0.1, 0.15) is 28.5 Å². The zero-order valence-electron chi connectivity index (χ0n) is 16.4. The van der Waals surface area contributed by atoms with Gasteiger partial charge in [-0.05, 0) is 65.6 Å². The van der Waals surface area contributed by atoms with Crippen molar-refractivity contribution in [2.24, 2.45) is 0 Å². The molecule has 1 amide bonds. The predicted octanol–water partition coefficient (Wildman–Crippen LogP) is 5.27. The molecule has 146 valence electrons. The zero-order chi connectivity index (χ0) is 20.3. The first kappa shape index (κ1) is 18.3. The van der Waals surface area contributed by atoms with Gasteiger partial charge in [0, 0.05) is 36.4 Å². The van der Waals surface area contributed by atoms with Crippen LogP contribution in [0.4, 0.5) is 11.4 Å². The van der Waals surface area contributed by atoms with Crippen molar-refractivity contribution in [3.8, 4) is 0 Å². The highest BCUT2D eigenvalue weighted by atomic mass is 16.2. The van der Waals surface area contributed by atoms with E-state index in [9.17, 15) is 4.79 Å². The van der Waals surface area contributed by atoms with E-state index in [1.165, 1.54) is 0 Å². The summed E-state index contributed by atoms with van der Waals surface area (Å²) in [5.41, 5.74) is 5.21. The number of carbonyl (C=O) groups excluding carboxylic acids is 1. The lowest BCUT2D eigenvalue weighted by molar-refractivity contribution is -0.119. The normalized spacial score (nSPS) is 16.3. The second kappa shape index (κ2) is 7.91. The third kappa shape index (κ3) is 3.26. The number of rotatable bonds is 5. The Bertz CT molecular complexity index is 1150. The number of hydrogen-bond donors (Lipinski definition) is 0. The molecule has 3 heterocycles. The Morgan fingerprint density at radius 3 is 2.13 bits per heavy atom. The first-order valence-electron chi connectivity index (χ1n) is 10.1. The summed E-state index contributed by atoms with van der Waals surface area (Å²) in [5.74, 6) is -0.159. The summed E-state index contributed by atoms with van der Waals surface area (Å²) in [6, 6.07) is 26.1. The Morgan fingerprint density at radius 2 is 1.40 bits per heavy atom. The summed E-state index contributed by atoms with van der Waals surface area (Å²) < 4.78 is 0. The van der Waals surface area contributed by atoms with E-state index >= 15 is 0 Å². The molecule has 2 unspecified atom stereocenters. The zero-order valence-corrected chi connectivity index (χ0v) is 16.4. The average molecular weight is 391 g/mol. The minimum Gasteiger partial charge on any atom is -0.280 e. The van der Waals surface area contributed by atoms with E-state index in [-0.39, 0.29) is 17.7 Å². The van der Waals surface area contributed by atoms with Gasteiger partial charge in [0.25, 0.3) is 0 Å². The number of hydrogen-bond acceptors (Lipinski definition) is 3. The van der Waals surface area contributed by atoms with Crippen LogP contribution in [0.2, 0.25) is 0 Å². The average Bonchev–Trinajstić information content (AvgIpc) is 3.11. The molecule has 0 aliphatic carbocycles. The smallest absolute Gasteiger partial charge is 0.239 e. The molecule has 0 fully saturated rings. The fourth-order valence-corrected chi connectivity index (χ4v) is 4.39. The van der Waals surface area contributed by atoms with Crippen LogP contribution in [-0.2, 0) is 11.2 Å². The minimum atomic E-state index is -0.267. The van der Waals surface area contributed by atoms with E-state index in [1.54, 1.807) is 24.8 Å². The maximum Gasteiger partial charge on any atom is 0.239 e. The molecule has 1 aliphatic heterocycles. The molecule has 5 rings (SSSR count). The van der Waals surface area contributed by atoms with Crippen molar-refractivity contribution in [2.45, 2.75) is 18.3 Å². The molecule has 4 heteroatoms. The number of benzene rings is 2. The third-order valence-electron chi connectivity index (χ3n) is 5.76. The lowest BCUT2D eigenvalue weighted by atomic mass is 9.79. The van der Waals surface area contributed by atoms with Gasteiger partial charge in [0.2, 0.25) is 5.91 Å². The Kier molecular flexibility index (Phi) is 4.81. The largest absolute Gasteiger partial charge is 0.280 e. The SMILES string of the molecule is O=C1C(C(Cc2ccncc2)c2ccncc2)c2ccccc2N1c1ccccc1. The third-order valence-corrected chi connectivity index (χ3v) is 5.76. The van der Waals surface area contributed by atoms with Crippen molar-refractivity contribution in [1.82, 2.24) is 9.97 Å². The van der Waals surface area contributed by atoms with Gasteiger partial charge in [-0.3, -0.25) is 19.7 Å². The molecule has 0 saturated heterocycles. The quantitative estimate of drug-likeness (QED) is 0.466. The topological polar surface area (TPSA) is 46.1 Å². The molecule has 0 N–H and O–H groups in total. The second-order valence-corrected chi connectivity index (χ2v) is 7.49. The fraction of sp³-hybridized carbons (Fsp3) is 0.115. The monoisotopic (exact) mass is 391 g/mol. The van der Waals surface area contributed by atoms with Crippen LogP contribution in [0.3, 0.4) is 0 Å². The molecule has 4 aromatic rings. The standard InChI is InChI=1S/C26H21N3O/c30-26-25(22-8-4-5-9-24(22)29(26)21-6-2-1-3-7-21)23(20-12-16-28-17-13-20)18-19-10-14-27-15-11-19/h1-17,23,25H,18H2. The van der Waals surface area contributed by atoms with E-state index in [2.05, 4.69) is 16.0 Å². The summed E-state index contributed by atoms with van der Waals surface area (Å²) in [6.45, 7) is 0. The molecule has 2 atom stereocenters. The molecule has 1 aliphatic rings. The molecule has 0 radical (unpaired) electrons. The second-order valence-electron chi connectivity index (χ2n) is 7.49. The predicted molar refractivity (Wildman–Crippen MR) is 118 cm³/mol. The molecule has 0 spiro atoms. The van der Waals surface area contributed by atoms with Gasteiger partial charge >= 0.3 is 0 Å². The van der Waals surface area contributed by atoms with Crippen molar-refractivity contribution in [3.05, 3.63) is 120 Å². The van der Waals surface area contributed by atoms with Crippen LogP contribution in [-0.4, -0.2) is 15.9 Å². The summed E-state index contributed by atoms with van der Waals surface area (Å²) in [5, 5.41) is 0. The molecule has 2 aromatic carbocycles. The lowest BCUT2D eigenvalue weighted by Gasteiger charge is -2.24. The minimum absolute atomic E-state index is 0.00207. The maximum absolute atomic E-state index is 13.9. The van der Waals surface area contributed by atoms with Gasteiger partial charge in [-0.1, -0.05) is 36.4 Å². The van der Waals surface area contributed by atoms with Crippen LogP contribution in [0.5, 0.6) is 0 Å². The van der Waals surface area contributed by atoms with E-state index in [1.807, 2.05) is 77.7 Å². The van der Waals surface area contributed by atoms with Crippen molar-refractivity contribution in [3.63, 3.8) is 0 Å². The first-order chi connectivity index (χ1) is 14.8. The highest BCUT2D eigenvalue weighted by Crippen LogP contribution is 2.48. The Labute approximate surface area is 175 Å². The van der Waals surface area contributed by atoms with Gasteiger partial charge in [-0.25, -0.2) is 0 Å². The lowest BCUT2D eigenvalue weighted by Crippen LogP contribution is -2.28. The van der Waals surface area contributed by atoms with Gasteiger partial charge < -0.3 is 0 Å². The van der Waals surface area contributed by atoms with Gasteiger partial charge in [0.15, 0.2) is 0 Å². The van der Waals surface area contributed by atoms with Crippen molar-refractivity contribution in [2.75, 3.05) is 4.90 Å². The fourth-order valence-electron chi connectivity index (χ4n) is 4.39. The Hall–Kier alpha value is -3.79. The number of nitrogens with zero attached hydrogens (tertiary/aromatic N) is 3. The molecule has 30 heavy (non-hydrogen) atoms. The highest BCUT2D eigenvalue weighted by Gasteiger charge is 2.42. The van der Waals surface area contributed by atoms with Crippen LogP contribution in [0.25, 0.3) is 0 Å². The summed E-state index contributed by atoms with van der Waals surface area (Å²) in [6.07, 6.45) is 7.96. The van der Waals surface area contributed by atoms with Gasteiger partial charge in [-0.2, -0.15) is 0 Å². The van der Waals surface area contributed by atoms with Gasteiger partial charge in [0.05, 0.1) is 11.6 Å². The van der Waals surface area contributed by atoms with Gasteiger partial charge in [-0.15, -0.1) is 0 Å². The number of aromatic nitrogens is 2. The van der Waals surface area contributed by atoms with E-state index in [0.717, 1.165) is 34.5 Å². The molecular weight excluding hydrogens is 370 g/mol. The van der Waals surface area contributed by atoms with Gasteiger partial charge in [0.1, 0.15) is 0 Å². The molecule has 0 saturated carbocycles. The Morgan fingerprint density at radius 1 is 0.767 bits per heavy atom. The number of amides is 1. The van der Waals surface area contributed by atoms with Crippen LogP contribution in [0.15, 0.2) is 104 Å². The number of carbonyl (C=O) groups is 1. The van der Waals surface area contributed by atoms with E-state index < -0.39 is 0 Å². The summed E-state index contributed by atoms with van der Waals surface area (Å²) >= 11 is 0. The van der Waals surface area contributed by atoms with Crippen LogP contribution < -0.4 is 4.90 Å². The number of fused-ring (bicyclic) bond motifs is 1. The number of para-hydroxylation sites is 2. The molecule has 2 aromatic heterocycles. The van der Waals surface area contributed by atoms with E-state index in [0.29, 0.717) is 0 Å². The number of pyridine rings is 2. The number of anilines is 2. The molecule has 0 bridgehead atoms.